The number of hydrogen-bond donors (Lipinski definition) is 1. The Bertz CT molecular complexity index is 655. The van der Waals surface area contributed by atoms with Crippen molar-refractivity contribution in [2.24, 2.45) is 11.7 Å². The van der Waals surface area contributed by atoms with E-state index >= 15 is 0 Å². The van der Waals surface area contributed by atoms with Gasteiger partial charge in [0.1, 0.15) is 0 Å². The maximum atomic E-state index is 12.7. The molecule has 24 heavy (non-hydrogen) atoms. The van der Waals surface area contributed by atoms with E-state index in [-0.39, 0.29) is 30.0 Å². The monoisotopic (exact) mass is 340 g/mol. The second-order valence-electron chi connectivity index (χ2n) is 5.97. The van der Waals surface area contributed by atoms with Crippen molar-refractivity contribution in [3.05, 3.63) is 41.5 Å². The van der Waals surface area contributed by atoms with Crippen LogP contribution in [0.2, 0.25) is 0 Å². The van der Waals surface area contributed by atoms with Crippen LogP contribution in [0.5, 0.6) is 0 Å². The number of likely N-dealkylation sites (tertiary alicyclic amines) is 1. The van der Waals surface area contributed by atoms with Crippen molar-refractivity contribution in [1.82, 2.24) is 4.90 Å². The number of carbonyl (C=O) groups is 2. The molecule has 7 heteroatoms. The van der Waals surface area contributed by atoms with Gasteiger partial charge in [-0.3, -0.25) is 9.59 Å². The predicted octanol–water partition coefficient (Wildman–Crippen LogP) is 2.83. The van der Waals surface area contributed by atoms with Gasteiger partial charge in [-0.25, -0.2) is 0 Å². The zero-order valence-electron chi connectivity index (χ0n) is 13.2. The largest absolute Gasteiger partial charge is 0.416 e. The summed E-state index contributed by atoms with van der Waals surface area (Å²) < 4.78 is 38.1. The van der Waals surface area contributed by atoms with Gasteiger partial charge in [-0.05, 0) is 43.5 Å². The van der Waals surface area contributed by atoms with E-state index in [9.17, 15) is 22.8 Å². The number of hydrogen-bond acceptors (Lipinski definition) is 2. The van der Waals surface area contributed by atoms with Gasteiger partial charge in [0.15, 0.2) is 0 Å². The molecule has 0 radical (unpaired) electrons. The van der Waals surface area contributed by atoms with Crippen LogP contribution in [0, 0.1) is 5.92 Å². The molecule has 1 heterocycles. The molecule has 0 bridgehead atoms. The average molecular weight is 340 g/mol. The average Bonchev–Trinajstić information content (AvgIpc) is 2.52. The van der Waals surface area contributed by atoms with Crippen LogP contribution >= 0.6 is 0 Å². The van der Waals surface area contributed by atoms with E-state index in [4.69, 9.17) is 5.73 Å². The zero-order chi connectivity index (χ0) is 17.9. The molecular weight excluding hydrogens is 321 g/mol. The fraction of sp³-hybridized carbons (Fsp3) is 0.412. The lowest BCUT2D eigenvalue weighted by Gasteiger charge is -2.36. The fourth-order valence-corrected chi connectivity index (χ4v) is 2.73. The van der Waals surface area contributed by atoms with Gasteiger partial charge in [-0.15, -0.1) is 0 Å². The van der Waals surface area contributed by atoms with Gasteiger partial charge in [-0.1, -0.05) is 12.1 Å². The maximum Gasteiger partial charge on any atom is 0.416 e. The molecule has 1 aliphatic heterocycles. The van der Waals surface area contributed by atoms with Crippen LogP contribution in [0.4, 0.5) is 13.2 Å². The number of carbonyl (C=O) groups excluding carboxylic acids is 2. The van der Waals surface area contributed by atoms with Crippen molar-refractivity contribution >= 4 is 17.9 Å². The second-order valence-corrected chi connectivity index (χ2v) is 5.97. The Kier molecular flexibility index (Phi) is 5.31. The summed E-state index contributed by atoms with van der Waals surface area (Å²) in [6, 6.07) is 4.70. The predicted molar refractivity (Wildman–Crippen MR) is 83.6 cm³/mol. The van der Waals surface area contributed by atoms with Crippen molar-refractivity contribution in [3.8, 4) is 0 Å². The third-order valence-corrected chi connectivity index (χ3v) is 4.20. The van der Waals surface area contributed by atoms with E-state index in [0.29, 0.717) is 12.8 Å². The highest BCUT2D eigenvalue weighted by molar-refractivity contribution is 5.92. The van der Waals surface area contributed by atoms with Gasteiger partial charge in [-0.2, -0.15) is 13.2 Å². The number of rotatable bonds is 3. The molecule has 0 aliphatic carbocycles. The third-order valence-electron chi connectivity index (χ3n) is 4.20. The number of alkyl halides is 3. The van der Waals surface area contributed by atoms with E-state index in [2.05, 4.69) is 0 Å². The second kappa shape index (κ2) is 7.07. The summed E-state index contributed by atoms with van der Waals surface area (Å²) in [7, 11) is 0. The van der Waals surface area contributed by atoms with Gasteiger partial charge >= 0.3 is 6.18 Å². The van der Waals surface area contributed by atoms with E-state index in [0.717, 1.165) is 12.1 Å². The summed E-state index contributed by atoms with van der Waals surface area (Å²) in [6.07, 6.45) is -0.550. The van der Waals surface area contributed by atoms with Crippen molar-refractivity contribution in [3.63, 3.8) is 0 Å². The third kappa shape index (κ3) is 4.37. The molecule has 0 aromatic heterocycles. The van der Waals surface area contributed by atoms with E-state index < -0.39 is 17.6 Å². The van der Waals surface area contributed by atoms with Gasteiger partial charge in [0.2, 0.25) is 11.8 Å². The minimum atomic E-state index is -4.43. The molecule has 0 spiro atoms. The molecule has 2 amide bonds. The topological polar surface area (TPSA) is 63.4 Å². The van der Waals surface area contributed by atoms with Crippen molar-refractivity contribution in [1.29, 1.82) is 0 Å². The Morgan fingerprint density at radius 1 is 1.29 bits per heavy atom. The van der Waals surface area contributed by atoms with Crippen molar-refractivity contribution < 1.29 is 22.8 Å². The fourth-order valence-electron chi connectivity index (χ4n) is 2.73. The maximum absolute atomic E-state index is 12.7. The van der Waals surface area contributed by atoms with Crippen LogP contribution in [-0.2, 0) is 15.8 Å². The van der Waals surface area contributed by atoms with Crippen LogP contribution in [0.15, 0.2) is 30.3 Å². The number of halogens is 3. The Labute approximate surface area is 138 Å². The summed E-state index contributed by atoms with van der Waals surface area (Å²) in [5.74, 6) is -1.17. The van der Waals surface area contributed by atoms with Gasteiger partial charge in [0.25, 0.3) is 0 Å². The molecule has 2 atom stereocenters. The van der Waals surface area contributed by atoms with E-state index in [1.54, 1.807) is 0 Å². The first-order chi connectivity index (χ1) is 11.2. The summed E-state index contributed by atoms with van der Waals surface area (Å²) in [5, 5.41) is 0. The summed E-state index contributed by atoms with van der Waals surface area (Å²) in [5.41, 5.74) is 4.82. The smallest absolute Gasteiger partial charge is 0.369 e. The standard InChI is InChI=1S/C17H19F3N2O2/c1-11-5-7-13(16(21)24)10-22(11)15(23)8-6-12-3-2-4-14(9-12)17(18,19)20/h2-4,6,8-9,11,13H,5,7,10H2,1H3,(H2,21,24)/b8-6+. The number of amides is 2. The molecule has 1 aromatic rings. The number of piperidine rings is 1. The SMILES string of the molecule is CC1CCC(C(N)=O)CN1C(=O)/C=C/c1cccc(C(F)(F)F)c1. The highest BCUT2D eigenvalue weighted by atomic mass is 19.4. The van der Waals surface area contributed by atoms with Crippen LogP contribution in [-0.4, -0.2) is 29.3 Å². The van der Waals surface area contributed by atoms with Crippen LogP contribution in [0.3, 0.4) is 0 Å². The Morgan fingerprint density at radius 2 is 2.00 bits per heavy atom. The molecule has 1 aliphatic rings. The molecule has 1 aromatic carbocycles. The van der Waals surface area contributed by atoms with Crippen molar-refractivity contribution in [2.45, 2.75) is 32.0 Å². The molecule has 0 saturated carbocycles. The molecule has 130 valence electrons. The Hall–Kier alpha value is -2.31. The van der Waals surface area contributed by atoms with Crippen LogP contribution in [0.1, 0.15) is 30.9 Å². The Balaban J connectivity index is 2.11. The molecule has 2 N–H and O–H groups in total. The minimum absolute atomic E-state index is 0.0424. The highest BCUT2D eigenvalue weighted by Crippen LogP contribution is 2.29. The minimum Gasteiger partial charge on any atom is -0.369 e. The van der Waals surface area contributed by atoms with Crippen LogP contribution < -0.4 is 5.73 Å². The number of benzene rings is 1. The van der Waals surface area contributed by atoms with E-state index in [1.807, 2.05) is 6.92 Å². The van der Waals surface area contributed by atoms with Crippen LogP contribution in [0.25, 0.3) is 6.08 Å². The summed E-state index contributed by atoms with van der Waals surface area (Å²) >= 11 is 0. The lowest BCUT2D eigenvalue weighted by Crippen LogP contribution is -2.48. The lowest BCUT2D eigenvalue weighted by atomic mass is 9.93. The lowest BCUT2D eigenvalue weighted by molar-refractivity contribution is -0.137. The quantitative estimate of drug-likeness (QED) is 0.860. The first-order valence-corrected chi connectivity index (χ1v) is 7.63. The summed E-state index contributed by atoms with van der Waals surface area (Å²) in [4.78, 5) is 25.1. The molecule has 2 unspecified atom stereocenters. The molecule has 1 saturated heterocycles. The number of nitrogens with two attached hydrogens (primary N) is 1. The van der Waals surface area contributed by atoms with Crippen molar-refractivity contribution in [2.75, 3.05) is 6.54 Å². The highest BCUT2D eigenvalue weighted by Gasteiger charge is 2.31. The van der Waals surface area contributed by atoms with Gasteiger partial charge in [0.05, 0.1) is 11.5 Å². The molecule has 1 fully saturated rings. The van der Waals surface area contributed by atoms with Gasteiger partial charge < -0.3 is 10.6 Å². The number of nitrogens with zero attached hydrogens (tertiary/aromatic N) is 1. The van der Waals surface area contributed by atoms with E-state index in [1.165, 1.54) is 29.2 Å². The first kappa shape index (κ1) is 18.0. The summed E-state index contributed by atoms with van der Waals surface area (Å²) in [6.45, 7) is 2.11. The molecule has 4 nitrogen and oxygen atoms in total. The zero-order valence-corrected chi connectivity index (χ0v) is 13.2. The van der Waals surface area contributed by atoms with Gasteiger partial charge in [0, 0.05) is 18.7 Å². The normalized spacial score (nSPS) is 21.9. The molecular formula is C17H19F3N2O2. The number of primary amides is 1. The Morgan fingerprint density at radius 3 is 2.62 bits per heavy atom. The molecule has 2 rings (SSSR count). The first-order valence-electron chi connectivity index (χ1n) is 7.63.